The van der Waals surface area contributed by atoms with Gasteiger partial charge in [-0.1, -0.05) is 12.1 Å². The number of esters is 1. The zero-order chi connectivity index (χ0) is 19.5. The van der Waals surface area contributed by atoms with Crippen LogP contribution in [0, 0.1) is 0 Å². The average molecular weight is 377 g/mol. The molecule has 2 aromatic carbocycles. The van der Waals surface area contributed by atoms with E-state index in [2.05, 4.69) is 21.9 Å². The molecule has 0 N–H and O–H groups in total. The van der Waals surface area contributed by atoms with E-state index >= 15 is 0 Å². The number of piperazine rings is 1. The van der Waals surface area contributed by atoms with Crippen molar-refractivity contribution in [3.8, 4) is 5.75 Å². The molecule has 1 fully saturated rings. The Morgan fingerprint density at radius 2 is 1.61 bits per heavy atom. The van der Waals surface area contributed by atoms with E-state index in [1.165, 1.54) is 7.11 Å². The van der Waals surface area contributed by atoms with Crippen LogP contribution < -0.4 is 14.5 Å². The number of ether oxygens (including phenoxy) is 2. The monoisotopic (exact) mass is 377 g/mol. The molecule has 0 aliphatic carbocycles. The van der Waals surface area contributed by atoms with Gasteiger partial charge in [-0.25, -0.2) is 9.78 Å². The third-order valence-electron chi connectivity index (χ3n) is 5.15. The van der Waals surface area contributed by atoms with Crippen LogP contribution in [0.15, 0.2) is 54.6 Å². The van der Waals surface area contributed by atoms with Crippen molar-refractivity contribution in [1.82, 2.24) is 4.98 Å². The molecule has 0 radical (unpaired) electrons. The maximum atomic E-state index is 11.6. The Hall–Kier alpha value is -3.28. The summed E-state index contributed by atoms with van der Waals surface area (Å²) in [5.41, 5.74) is 2.57. The molecule has 2 heterocycles. The lowest BCUT2D eigenvalue weighted by Crippen LogP contribution is -2.46. The van der Waals surface area contributed by atoms with Crippen LogP contribution >= 0.6 is 0 Å². The minimum atomic E-state index is -0.311. The van der Waals surface area contributed by atoms with Gasteiger partial charge in [0.05, 0.1) is 19.8 Å². The van der Waals surface area contributed by atoms with E-state index in [-0.39, 0.29) is 5.97 Å². The first-order chi connectivity index (χ1) is 13.7. The molecular formula is C22H23N3O3. The molecular weight excluding hydrogens is 354 g/mol. The Labute approximate surface area is 164 Å². The summed E-state index contributed by atoms with van der Waals surface area (Å²) in [4.78, 5) is 21.0. The van der Waals surface area contributed by atoms with Gasteiger partial charge in [0.2, 0.25) is 0 Å². The predicted molar refractivity (Wildman–Crippen MR) is 111 cm³/mol. The standard InChI is InChI=1S/C22H23N3O3/c1-27-19-5-3-4-16-8-11-20(23-21(16)19)25-14-12-24(13-15-25)18-9-6-17(7-10-18)22(26)28-2/h3-11H,12-15H2,1-2H3. The largest absolute Gasteiger partial charge is 0.494 e. The fourth-order valence-electron chi connectivity index (χ4n) is 3.57. The summed E-state index contributed by atoms with van der Waals surface area (Å²) in [5, 5.41) is 1.08. The number of hydrogen-bond donors (Lipinski definition) is 0. The zero-order valence-electron chi connectivity index (χ0n) is 16.1. The number of hydrogen-bond acceptors (Lipinski definition) is 6. The SMILES string of the molecule is COC(=O)c1ccc(N2CCN(c3ccc4cccc(OC)c4n3)CC2)cc1. The molecule has 1 aliphatic rings. The van der Waals surface area contributed by atoms with Crippen molar-refractivity contribution >= 4 is 28.4 Å². The van der Waals surface area contributed by atoms with Crippen molar-refractivity contribution in [3.05, 3.63) is 60.2 Å². The molecule has 1 aromatic heterocycles. The molecule has 28 heavy (non-hydrogen) atoms. The third-order valence-corrected chi connectivity index (χ3v) is 5.15. The van der Waals surface area contributed by atoms with E-state index in [9.17, 15) is 4.79 Å². The molecule has 0 bridgehead atoms. The molecule has 0 saturated carbocycles. The second-order valence-electron chi connectivity index (χ2n) is 6.71. The van der Waals surface area contributed by atoms with E-state index in [0.717, 1.165) is 54.3 Å². The minimum Gasteiger partial charge on any atom is -0.494 e. The van der Waals surface area contributed by atoms with Crippen LogP contribution in [0.3, 0.4) is 0 Å². The average Bonchev–Trinajstić information content (AvgIpc) is 2.78. The highest BCUT2D eigenvalue weighted by atomic mass is 16.5. The molecule has 0 spiro atoms. The smallest absolute Gasteiger partial charge is 0.337 e. The molecule has 1 saturated heterocycles. The first-order valence-corrected chi connectivity index (χ1v) is 9.31. The van der Waals surface area contributed by atoms with Crippen molar-refractivity contribution < 1.29 is 14.3 Å². The second kappa shape index (κ2) is 7.76. The van der Waals surface area contributed by atoms with Gasteiger partial charge in [-0.05, 0) is 42.5 Å². The minimum absolute atomic E-state index is 0.311. The topological polar surface area (TPSA) is 54.9 Å². The predicted octanol–water partition coefficient (Wildman–Crippen LogP) is 3.36. The van der Waals surface area contributed by atoms with Gasteiger partial charge in [0.25, 0.3) is 0 Å². The van der Waals surface area contributed by atoms with Gasteiger partial charge in [-0.3, -0.25) is 0 Å². The number of anilines is 2. The molecule has 144 valence electrons. The van der Waals surface area contributed by atoms with Crippen LogP contribution in [0.5, 0.6) is 5.75 Å². The number of aromatic nitrogens is 1. The van der Waals surface area contributed by atoms with Crippen molar-refractivity contribution in [3.63, 3.8) is 0 Å². The van der Waals surface area contributed by atoms with Crippen LogP contribution in [-0.4, -0.2) is 51.4 Å². The lowest BCUT2D eigenvalue weighted by Gasteiger charge is -2.36. The number of benzene rings is 2. The number of para-hydroxylation sites is 1. The lowest BCUT2D eigenvalue weighted by atomic mass is 10.1. The summed E-state index contributed by atoms with van der Waals surface area (Å²) in [6.45, 7) is 3.55. The first kappa shape index (κ1) is 18.1. The number of methoxy groups -OCH3 is 2. The molecule has 4 rings (SSSR count). The molecule has 0 atom stereocenters. The van der Waals surface area contributed by atoms with Gasteiger partial charge in [0.1, 0.15) is 17.1 Å². The summed E-state index contributed by atoms with van der Waals surface area (Å²) >= 11 is 0. The van der Waals surface area contributed by atoms with Gasteiger partial charge in [-0.2, -0.15) is 0 Å². The summed E-state index contributed by atoms with van der Waals surface area (Å²) in [7, 11) is 3.07. The fraction of sp³-hybridized carbons (Fsp3) is 0.273. The van der Waals surface area contributed by atoms with E-state index in [0.29, 0.717) is 5.56 Å². The Balaban J connectivity index is 1.47. The fourth-order valence-corrected chi connectivity index (χ4v) is 3.57. The Morgan fingerprint density at radius 1 is 0.893 bits per heavy atom. The molecule has 3 aromatic rings. The van der Waals surface area contributed by atoms with Gasteiger partial charge in [0, 0.05) is 37.3 Å². The highest BCUT2D eigenvalue weighted by Crippen LogP contribution is 2.27. The van der Waals surface area contributed by atoms with Crippen molar-refractivity contribution in [2.24, 2.45) is 0 Å². The highest BCUT2D eigenvalue weighted by molar-refractivity contribution is 5.89. The molecule has 6 nitrogen and oxygen atoms in total. The van der Waals surface area contributed by atoms with Crippen LogP contribution in [-0.2, 0) is 4.74 Å². The van der Waals surface area contributed by atoms with Crippen LogP contribution in [0.4, 0.5) is 11.5 Å². The third kappa shape index (κ3) is 3.45. The van der Waals surface area contributed by atoms with E-state index in [1.807, 2.05) is 42.5 Å². The van der Waals surface area contributed by atoms with Gasteiger partial charge < -0.3 is 19.3 Å². The second-order valence-corrected chi connectivity index (χ2v) is 6.71. The Bertz CT molecular complexity index is 980. The Kier molecular flexibility index (Phi) is 5.02. The zero-order valence-corrected chi connectivity index (χ0v) is 16.1. The molecule has 1 aliphatic heterocycles. The molecule has 6 heteroatoms. The summed E-state index contributed by atoms with van der Waals surface area (Å²) in [6, 6.07) is 17.7. The Morgan fingerprint density at radius 3 is 2.29 bits per heavy atom. The van der Waals surface area contributed by atoms with E-state index < -0.39 is 0 Å². The van der Waals surface area contributed by atoms with Crippen molar-refractivity contribution in [2.45, 2.75) is 0 Å². The van der Waals surface area contributed by atoms with Gasteiger partial charge in [0.15, 0.2) is 0 Å². The van der Waals surface area contributed by atoms with E-state index in [1.54, 1.807) is 7.11 Å². The number of rotatable bonds is 4. The number of carbonyl (C=O) groups is 1. The van der Waals surface area contributed by atoms with Crippen LogP contribution in [0.25, 0.3) is 10.9 Å². The quantitative estimate of drug-likeness (QED) is 0.650. The summed E-state index contributed by atoms with van der Waals surface area (Å²) in [5.74, 6) is 1.45. The maximum Gasteiger partial charge on any atom is 0.337 e. The highest BCUT2D eigenvalue weighted by Gasteiger charge is 2.19. The number of carbonyl (C=O) groups excluding carboxylic acids is 1. The molecule has 0 unspecified atom stereocenters. The molecule has 0 amide bonds. The van der Waals surface area contributed by atoms with Crippen LogP contribution in [0.2, 0.25) is 0 Å². The van der Waals surface area contributed by atoms with E-state index in [4.69, 9.17) is 14.5 Å². The van der Waals surface area contributed by atoms with Crippen molar-refractivity contribution in [2.75, 3.05) is 50.2 Å². The lowest BCUT2D eigenvalue weighted by molar-refractivity contribution is 0.0601. The summed E-state index contributed by atoms with van der Waals surface area (Å²) in [6.07, 6.45) is 0. The number of fused-ring (bicyclic) bond motifs is 1. The van der Waals surface area contributed by atoms with Crippen molar-refractivity contribution in [1.29, 1.82) is 0 Å². The normalized spacial score (nSPS) is 14.2. The first-order valence-electron chi connectivity index (χ1n) is 9.31. The number of nitrogens with zero attached hydrogens (tertiary/aromatic N) is 3. The maximum absolute atomic E-state index is 11.6. The number of pyridine rings is 1. The van der Waals surface area contributed by atoms with Gasteiger partial charge in [-0.15, -0.1) is 0 Å². The summed E-state index contributed by atoms with van der Waals surface area (Å²) < 4.78 is 10.2. The van der Waals surface area contributed by atoms with Crippen LogP contribution in [0.1, 0.15) is 10.4 Å². The van der Waals surface area contributed by atoms with Gasteiger partial charge >= 0.3 is 5.97 Å².